The summed E-state index contributed by atoms with van der Waals surface area (Å²) in [7, 11) is 0. The number of carbonyl (C=O) groups excluding carboxylic acids is 2. The summed E-state index contributed by atoms with van der Waals surface area (Å²) in [5.41, 5.74) is 2.28. The van der Waals surface area contributed by atoms with E-state index in [1.165, 1.54) is 17.0 Å². The topological polar surface area (TPSA) is 61.8 Å². The number of amidine groups is 1. The van der Waals surface area contributed by atoms with E-state index in [1.54, 1.807) is 30.3 Å². The van der Waals surface area contributed by atoms with Crippen molar-refractivity contribution < 1.29 is 18.4 Å². The number of amides is 2. The van der Waals surface area contributed by atoms with Crippen LogP contribution in [0, 0.1) is 0 Å². The number of halogens is 2. The molecule has 2 amide bonds. The van der Waals surface area contributed by atoms with Crippen molar-refractivity contribution >= 4 is 58.0 Å². The Bertz CT molecular complexity index is 1220. The number of benzene rings is 3. The number of aliphatic imine (C=N–C) groups is 1. The van der Waals surface area contributed by atoms with Gasteiger partial charge in [0, 0.05) is 10.6 Å². The van der Waals surface area contributed by atoms with Gasteiger partial charge in [0.2, 0.25) is 5.91 Å². The van der Waals surface area contributed by atoms with E-state index in [0.29, 0.717) is 33.2 Å². The molecule has 4 rings (SSSR count). The van der Waals surface area contributed by atoms with Crippen LogP contribution in [0.1, 0.15) is 5.56 Å². The molecule has 9 heteroatoms. The number of nitrogens with zero attached hydrogens (tertiary/aromatic N) is 2. The fraction of sp³-hybridized carbons (Fsp3) is 0.0800. The van der Waals surface area contributed by atoms with Gasteiger partial charge < -0.3 is 5.32 Å². The van der Waals surface area contributed by atoms with Gasteiger partial charge >= 0.3 is 0 Å². The van der Waals surface area contributed by atoms with E-state index in [-0.39, 0.29) is 23.3 Å². The maximum Gasteiger partial charge on any atom is 0.288 e. The van der Waals surface area contributed by atoms with Crippen LogP contribution in [0.3, 0.4) is 0 Å². The maximum absolute atomic E-state index is 13.1. The highest BCUT2D eigenvalue weighted by atomic mass is 32.2. The molecule has 172 valence electrons. The fourth-order valence-electron chi connectivity index (χ4n) is 3.15. The monoisotopic (exact) mass is 495 g/mol. The van der Waals surface area contributed by atoms with E-state index >= 15 is 0 Å². The van der Waals surface area contributed by atoms with Gasteiger partial charge in [0.05, 0.1) is 11.4 Å². The molecule has 1 aliphatic rings. The minimum atomic E-state index is -2.50. The lowest BCUT2D eigenvalue weighted by Crippen LogP contribution is -2.31. The number of hydrogen-bond acceptors (Lipinski definition) is 5. The molecule has 1 heterocycles. The molecule has 34 heavy (non-hydrogen) atoms. The lowest BCUT2D eigenvalue weighted by molar-refractivity contribution is -0.114. The average molecular weight is 496 g/mol. The molecule has 0 bridgehead atoms. The smallest absolute Gasteiger partial charge is 0.288 e. The predicted octanol–water partition coefficient (Wildman–Crippen LogP) is 6.12. The first-order valence-corrected chi connectivity index (χ1v) is 12.1. The third-order valence-electron chi connectivity index (χ3n) is 4.64. The first-order chi connectivity index (χ1) is 16.5. The summed E-state index contributed by atoms with van der Waals surface area (Å²) >= 11 is 1.59. The van der Waals surface area contributed by atoms with E-state index in [1.807, 2.05) is 48.5 Å². The van der Waals surface area contributed by atoms with Gasteiger partial charge in [-0.15, -0.1) is 0 Å². The summed E-state index contributed by atoms with van der Waals surface area (Å²) in [6, 6.07) is 24.7. The first-order valence-electron chi connectivity index (χ1n) is 10.2. The van der Waals surface area contributed by atoms with Gasteiger partial charge in [0.1, 0.15) is 5.70 Å². The molecule has 0 spiro atoms. The summed E-state index contributed by atoms with van der Waals surface area (Å²) in [6.45, 7) is 0. The van der Waals surface area contributed by atoms with Gasteiger partial charge in [-0.05, 0) is 48.0 Å². The Balaban J connectivity index is 1.47. The third-order valence-corrected chi connectivity index (χ3v) is 6.30. The van der Waals surface area contributed by atoms with Crippen LogP contribution in [0.15, 0.2) is 101 Å². The minimum Gasteiger partial charge on any atom is -0.325 e. The fourth-order valence-corrected chi connectivity index (χ4v) is 4.46. The average Bonchev–Trinajstić information content (AvgIpc) is 3.14. The molecule has 1 aliphatic heterocycles. The van der Waals surface area contributed by atoms with Gasteiger partial charge in [-0.1, -0.05) is 72.1 Å². The standard InChI is InChI=1S/C25H19F2N3O2S2/c26-24(27)34-20-13-11-18(12-14-20)28-22(31)16-33-25-29-21(15-17-7-3-1-4-8-17)23(32)30(25)19-9-5-2-6-10-19/h1-15,24H,16H2,(H,28,31)/b21-15-. The van der Waals surface area contributed by atoms with E-state index in [4.69, 9.17) is 0 Å². The Morgan fingerprint density at radius 2 is 1.62 bits per heavy atom. The number of rotatable bonds is 7. The number of carbonyl (C=O) groups is 2. The Morgan fingerprint density at radius 1 is 0.971 bits per heavy atom. The van der Waals surface area contributed by atoms with Crippen LogP contribution >= 0.6 is 23.5 Å². The van der Waals surface area contributed by atoms with Crippen LogP contribution in [-0.2, 0) is 9.59 Å². The molecule has 5 nitrogen and oxygen atoms in total. The van der Waals surface area contributed by atoms with Gasteiger partial charge in [-0.3, -0.25) is 14.5 Å². The predicted molar refractivity (Wildman–Crippen MR) is 135 cm³/mol. The summed E-state index contributed by atoms with van der Waals surface area (Å²) in [5, 5.41) is 3.13. The number of anilines is 2. The highest BCUT2D eigenvalue weighted by Gasteiger charge is 2.32. The number of nitrogens with one attached hydrogen (secondary N) is 1. The summed E-state index contributed by atoms with van der Waals surface area (Å²) in [4.78, 5) is 32.0. The zero-order valence-corrected chi connectivity index (χ0v) is 19.4. The van der Waals surface area contributed by atoms with Crippen LogP contribution in [0.5, 0.6) is 0 Å². The van der Waals surface area contributed by atoms with E-state index < -0.39 is 5.76 Å². The van der Waals surface area contributed by atoms with Crippen LogP contribution in [0.4, 0.5) is 20.2 Å². The molecule has 3 aromatic rings. The van der Waals surface area contributed by atoms with Crippen molar-refractivity contribution in [2.75, 3.05) is 16.0 Å². The lowest BCUT2D eigenvalue weighted by atomic mass is 10.2. The molecule has 0 aliphatic carbocycles. The van der Waals surface area contributed by atoms with Crippen molar-refractivity contribution in [3.05, 3.63) is 96.2 Å². The molecule has 0 aromatic heterocycles. The summed E-state index contributed by atoms with van der Waals surface area (Å²) < 4.78 is 24.9. The van der Waals surface area contributed by atoms with Crippen molar-refractivity contribution in [1.29, 1.82) is 0 Å². The molecule has 0 radical (unpaired) electrons. The molecule has 0 atom stereocenters. The quantitative estimate of drug-likeness (QED) is 0.317. The van der Waals surface area contributed by atoms with Gasteiger partial charge in [0.25, 0.3) is 11.7 Å². The highest BCUT2D eigenvalue weighted by Crippen LogP contribution is 2.30. The maximum atomic E-state index is 13.1. The van der Waals surface area contributed by atoms with Crippen LogP contribution in [0.25, 0.3) is 6.08 Å². The second-order valence-corrected chi connectivity index (χ2v) is 9.06. The SMILES string of the molecule is O=C(CSC1=N/C(=C\c2ccccc2)C(=O)N1c1ccccc1)Nc1ccc(SC(F)F)cc1. The summed E-state index contributed by atoms with van der Waals surface area (Å²) in [6.07, 6.45) is 1.71. The van der Waals surface area contributed by atoms with Gasteiger partial charge in [0.15, 0.2) is 5.17 Å². The van der Waals surface area contributed by atoms with E-state index in [0.717, 1.165) is 17.3 Å². The van der Waals surface area contributed by atoms with Crippen LogP contribution in [0.2, 0.25) is 0 Å². The second-order valence-electron chi connectivity index (χ2n) is 7.05. The van der Waals surface area contributed by atoms with Gasteiger partial charge in [-0.25, -0.2) is 4.99 Å². The van der Waals surface area contributed by atoms with Crippen molar-refractivity contribution in [1.82, 2.24) is 0 Å². The van der Waals surface area contributed by atoms with E-state index in [9.17, 15) is 18.4 Å². The molecule has 0 fully saturated rings. The van der Waals surface area contributed by atoms with Crippen molar-refractivity contribution in [3.8, 4) is 0 Å². The molecular weight excluding hydrogens is 476 g/mol. The highest BCUT2D eigenvalue weighted by molar-refractivity contribution is 8.14. The van der Waals surface area contributed by atoms with Crippen molar-refractivity contribution in [2.24, 2.45) is 4.99 Å². The Morgan fingerprint density at radius 3 is 2.26 bits per heavy atom. The minimum absolute atomic E-state index is 0.0155. The number of thioether (sulfide) groups is 2. The lowest BCUT2D eigenvalue weighted by Gasteiger charge is -2.17. The Labute approximate surface area is 204 Å². The molecule has 0 saturated heterocycles. The number of hydrogen-bond donors (Lipinski definition) is 1. The third kappa shape index (κ3) is 6.12. The first kappa shape index (κ1) is 23.7. The molecule has 0 saturated carbocycles. The zero-order chi connectivity index (χ0) is 23.9. The molecule has 0 unspecified atom stereocenters. The zero-order valence-electron chi connectivity index (χ0n) is 17.7. The largest absolute Gasteiger partial charge is 0.325 e. The molecule has 3 aromatic carbocycles. The second kappa shape index (κ2) is 11.1. The Kier molecular flexibility index (Phi) is 7.76. The van der Waals surface area contributed by atoms with Crippen molar-refractivity contribution in [2.45, 2.75) is 10.7 Å². The molecular formula is C25H19F2N3O2S2. The number of alkyl halides is 2. The van der Waals surface area contributed by atoms with Crippen LogP contribution in [-0.4, -0.2) is 28.5 Å². The number of para-hydroxylation sites is 1. The Hall–Kier alpha value is -3.43. The molecule has 1 N–H and O–H groups in total. The normalized spacial score (nSPS) is 14.6. The van der Waals surface area contributed by atoms with E-state index in [2.05, 4.69) is 10.3 Å². The van der Waals surface area contributed by atoms with Crippen molar-refractivity contribution in [3.63, 3.8) is 0 Å². The summed E-state index contributed by atoms with van der Waals surface area (Å²) in [5.74, 6) is -3.06. The van der Waals surface area contributed by atoms with Crippen LogP contribution < -0.4 is 10.2 Å². The van der Waals surface area contributed by atoms with Gasteiger partial charge in [-0.2, -0.15) is 8.78 Å².